The number of hydrogen-bond acceptors (Lipinski definition) is 2. The van der Waals surface area contributed by atoms with Crippen molar-refractivity contribution in [2.45, 2.75) is 25.8 Å². The van der Waals surface area contributed by atoms with Gasteiger partial charge in [-0.3, -0.25) is 0 Å². The number of nitrogens with zero attached hydrogens (tertiary/aromatic N) is 1. The maximum absolute atomic E-state index is 10.2. The summed E-state index contributed by atoms with van der Waals surface area (Å²) in [4.78, 5) is 13.1. The summed E-state index contributed by atoms with van der Waals surface area (Å²) in [5.74, 6) is -1.29. The van der Waals surface area contributed by atoms with E-state index in [1.54, 1.807) is 6.92 Å². The molecule has 1 atom stereocenters. The average Bonchev–Trinajstić information content (AvgIpc) is 1.86. The molecule has 0 saturated carbocycles. The quantitative estimate of drug-likeness (QED) is 0.307. The van der Waals surface area contributed by atoms with Crippen LogP contribution >= 0.6 is 0 Å². The van der Waals surface area contributed by atoms with E-state index in [2.05, 4.69) is 4.85 Å². The minimum absolute atomic E-state index is 0. The van der Waals surface area contributed by atoms with Crippen molar-refractivity contribution < 1.29 is 39.5 Å². The molecular weight excluding hydrogens is 141 g/mol. The molecule has 0 rings (SSSR count). The summed E-state index contributed by atoms with van der Waals surface area (Å²) in [6.45, 7) is 9.49. The Morgan fingerprint density at radius 2 is 2.20 bits per heavy atom. The Morgan fingerprint density at radius 1 is 1.80 bits per heavy atom. The Kier molecular flexibility index (Phi) is 5.96. The molecule has 0 radical (unpaired) electrons. The molecule has 10 heavy (non-hydrogen) atoms. The van der Waals surface area contributed by atoms with E-state index in [-0.39, 0.29) is 29.6 Å². The third kappa shape index (κ3) is 2.70. The van der Waals surface area contributed by atoms with Gasteiger partial charge in [-0.1, -0.05) is 6.92 Å². The van der Waals surface area contributed by atoms with E-state index in [1.807, 2.05) is 0 Å². The van der Waals surface area contributed by atoms with Gasteiger partial charge in [0.05, 0.1) is 0 Å². The van der Waals surface area contributed by atoms with Crippen LogP contribution in [-0.4, -0.2) is 11.5 Å². The number of carboxylic acids is 1. The van der Waals surface area contributed by atoms with Gasteiger partial charge < -0.3 is 14.7 Å². The smallest absolute Gasteiger partial charge is 0.542 e. The van der Waals surface area contributed by atoms with Crippen molar-refractivity contribution in [2.75, 3.05) is 0 Å². The zero-order valence-electron chi connectivity index (χ0n) is 6.47. The molecule has 0 N–H and O–H groups in total. The maximum atomic E-state index is 10.2. The first kappa shape index (κ1) is 12.6. The summed E-state index contributed by atoms with van der Waals surface area (Å²) in [5, 5.41) is 10.2. The van der Waals surface area contributed by atoms with Gasteiger partial charge in [0.15, 0.2) is 0 Å². The van der Waals surface area contributed by atoms with Gasteiger partial charge in [-0.25, -0.2) is 6.57 Å². The standard InChI is InChI=1S/C6H9NO2.Na/c1-4-6(2,7-3)5(8)9;/h4H2,1-2H3,(H,8,9);/q;+1/p-1. The molecule has 0 aliphatic carbocycles. The van der Waals surface area contributed by atoms with Crippen molar-refractivity contribution in [1.29, 1.82) is 0 Å². The number of rotatable bonds is 2. The van der Waals surface area contributed by atoms with Crippen molar-refractivity contribution in [2.24, 2.45) is 0 Å². The summed E-state index contributed by atoms with van der Waals surface area (Å²) < 4.78 is 0. The molecule has 0 bridgehead atoms. The molecule has 1 unspecified atom stereocenters. The Balaban J connectivity index is 0. The van der Waals surface area contributed by atoms with Crippen LogP contribution in [0.3, 0.4) is 0 Å². The van der Waals surface area contributed by atoms with Crippen molar-refractivity contribution in [3.05, 3.63) is 11.4 Å². The monoisotopic (exact) mass is 149 g/mol. The van der Waals surface area contributed by atoms with Crippen molar-refractivity contribution in [3.63, 3.8) is 0 Å². The number of carbonyl (C=O) groups is 1. The minimum atomic E-state index is -1.32. The van der Waals surface area contributed by atoms with Crippen molar-refractivity contribution in [1.82, 2.24) is 0 Å². The van der Waals surface area contributed by atoms with Gasteiger partial charge in [-0.05, 0) is 0 Å². The molecule has 0 fully saturated rings. The van der Waals surface area contributed by atoms with E-state index < -0.39 is 11.5 Å². The van der Waals surface area contributed by atoms with E-state index in [1.165, 1.54) is 6.92 Å². The molecule has 3 nitrogen and oxygen atoms in total. The van der Waals surface area contributed by atoms with Crippen LogP contribution in [0.25, 0.3) is 4.85 Å². The third-order valence-electron chi connectivity index (χ3n) is 1.37. The van der Waals surface area contributed by atoms with Crippen LogP contribution in [0.15, 0.2) is 0 Å². The van der Waals surface area contributed by atoms with Gasteiger partial charge in [0.1, 0.15) is 5.97 Å². The van der Waals surface area contributed by atoms with Gasteiger partial charge in [-0.15, -0.1) is 0 Å². The van der Waals surface area contributed by atoms with Gasteiger partial charge in [0, 0.05) is 13.3 Å². The molecule has 0 saturated heterocycles. The third-order valence-corrected chi connectivity index (χ3v) is 1.37. The fourth-order valence-corrected chi connectivity index (χ4v) is 0.269. The fraction of sp³-hybridized carbons (Fsp3) is 0.667. The largest absolute Gasteiger partial charge is 1.00 e. The molecule has 0 heterocycles. The normalized spacial score (nSPS) is 14.1. The van der Waals surface area contributed by atoms with E-state index in [9.17, 15) is 9.90 Å². The summed E-state index contributed by atoms with van der Waals surface area (Å²) in [6.07, 6.45) is 0.291. The predicted octanol–water partition coefficient (Wildman–Crippen LogP) is -3.17. The summed E-state index contributed by atoms with van der Waals surface area (Å²) in [6, 6.07) is 0. The van der Waals surface area contributed by atoms with Gasteiger partial charge >= 0.3 is 29.6 Å². The minimum Gasteiger partial charge on any atom is -0.542 e. The maximum Gasteiger partial charge on any atom is 1.00 e. The Morgan fingerprint density at radius 3 is 2.20 bits per heavy atom. The number of aliphatic carboxylic acids is 1. The van der Waals surface area contributed by atoms with Crippen LogP contribution < -0.4 is 34.7 Å². The van der Waals surface area contributed by atoms with Crippen LogP contribution in [0.1, 0.15) is 20.3 Å². The van der Waals surface area contributed by atoms with E-state index >= 15 is 0 Å². The molecule has 0 aromatic rings. The molecule has 0 aliphatic rings. The molecule has 0 aromatic carbocycles. The van der Waals surface area contributed by atoms with Crippen molar-refractivity contribution in [3.8, 4) is 0 Å². The zero-order chi connectivity index (χ0) is 7.49. The van der Waals surface area contributed by atoms with Crippen LogP contribution in [0, 0.1) is 6.57 Å². The molecule has 0 spiro atoms. The molecular formula is C6H8NNaO2. The summed E-state index contributed by atoms with van der Waals surface area (Å²) in [7, 11) is 0. The summed E-state index contributed by atoms with van der Waals surface area (Å²) >= 11 is 0. The second-order valence-corrected chi connectivity index (χ2v) is 2.03. The first-order valence-electron chi connectivity index (χ1n) is 2.67. The molecule has 0 amide bonds. The Labute approximate surface area is 82.5 Å². The number of carboxylic acid groups (broad SMARTS) is 1. The van der Waals surface area contributed by atoms with E-state index in [0.717, 1.165) is 0 Å². The fourth-order valence-electron chi connectivity index (χ4n) is 0.269. The SMILES string of the molecule is [C-]#[N+]C(C)(CC)C(=O)[O-].[Na+]. The van der Waals surface area contributed by atoms with E-state index in [0.29, 0.717) is 6.42 Å². The first-order chi connectivity index (χ1) is 4.06. The van der Waals surface area contributed by atoms with Gasteiger partial charge in [0.25, 0.3) is 5.54 Å². The average molecular weight is 149 g/mol. The zero-order valence-corrected chi connectivity index (χ0v) is 8.47. The van der Waals surface area contributed by atoms with Crippen LogP contribution in [0.2, 0.25) is 0 Å². The second-order valence-electron chi connectivity index (χ2n) is 2.03. The Hall–Kier alpha value is -0.0400. The molecule has 0 aliphatic heterocycles. The molecule has 50 valence electrons. The molecule has 4 heteroatoms. The van der Waals surface area contributed by atoms with E-state index in [4.69, 9.17) is 6.57 Å². The number of hydrogen-bond donors (Lipinski definition) is 0. The second kappa shape index (κ2) is 4.73. The van der Waals surface area contributed by atoms with Crippen LogP contribution in [0.5, 0.6) is 0 Å². The van der Waals surface area contributed by atoms with Crippen LogP contribution in [0.4, 0.5) is 0 Å². The topological polar surface area (TPSA) is 44.5 Å². The molecule has 0 aromatic heterocycles. The number of carbonyl (C=O) groups excluding carboxylic acids is 1. The first-order valence-corrected chi connectivity index (χ1v) is 2.67. The predicted molar refractivity (Wildman–Crippen MR) is 30.3 cm³/mol. The Bertz CT molecular complexity index is 164. The van der Waals surface area contributed by atoms with Crippen molar-refractivity contribution >= 4 is 5.97 Å². The van der Waals surface area contributed by atoms with Crippen LogP contribution in [-0.2, 0) is 4.79 Å². The van der Waals surface area contributed by atoms with Gasteiger partial charge in [0.2, 0.25) is 0 Å². The van der Waals surface area contributed by atoms with Gasteiger partial charge in [-0.2, -0.15) is 0 Å². The summed E-state index contributed by atoms with van der Waals surface area (Å²) in [5.41, 5.74) is -1.32.